The van der Waals surface area contributed by atoms with Crippen molar-refractivity contribution in [3.8, 4) is 0 Å². The average molecular weight is 366 g/mol. The van der Waals surface area contributed by atoms with E-state index in [2.05, 4.69) is 54.6 Å². The molecule has 0 atom stereocenters. The number of hydrogen-bond acceptors (Lipinski definition) is 1. The van der Waals surface area contributed by atoms with Gasteiger partial charge in [-0.05, 0) is 23.8 Å². The molecule has 4 rings (SSSR count). The Balaban J connectivity index is 1.88. The van der Waals surface area contributed by atoms with Crippen LogP contribution in [0.2, 0.25) is 0 Å². The molecule has 0 aliphatic heterocycles. The summed E-state index contributed by atoms with van der Waals surface area (Å²) in [4.78, 5) is 13.2. The molecule has 4 aromatic carbocycles. The minimum absolute atomic E-state index is 0.0746. The molecule has 0 bridgehead atoms. The number of rotatable bonds is 5. The predicted octanol–water partition coefficient (Wildman–Crippen LogP) is 4.68. The van der Waals surface area contributed by atoms with Crippen LogP contribution in [0.4, 0.5) is 0 Å². The molecule has 0 radical (unpaired) electrons. The Bertz CT molecular complexity index is 988. The van der Waals surface area contributed by atoms with Crippen molar-refractivity contribution in [3.63, 3.8) is 0 Å². The molecule has 2 heteroatoms. The maximum absolute atomic E-state index is 13.2. The topological polar surface area (TPSA) is 17.1 Å². The van der Waals surface area contributed by atoms with Crippen LogP contribution >= 0.6 is 7.92 Å². The highest BCUT2D eigenvalue weighted by atomic mass is 31.1. The summed E-state index contributed by atoms with van der Waals surface area (Å²) in [5.41, 5.74) is 1.50. The number of carbonyl (C=O) groups excluding carboxylic acids is 1. The summed E-state index contributed by atoms with van der Waals surface area (Å²) in [6, 6.07) is 38.5. The number of hydrogen-bond donors (Lipinski definition) is 0. The van der Waals surface area contributed by atoms with Crippen molar-refractivity contribution in [1.29, 1.82) is 0 Å². The highest BCUT2D eigenvalue weighted by Crippen LogP contribution is 2.34. The Hall–Kier alpha value is -3.02. The first-order valence-corrected chi connectivity index (χ1v) is 10.3. The number of benzene rings is 4. The van der Waals surface area contributed by atoms with E-state index in [1.165, 1.54) is 10.6 Å². The van der Waals surface area contributed by atoms with E-state index in [9.17, 15) is 4.79 Å². The third-order valence-electron chi connectivity index (χ3n) is 4.45. The lowest BCUT2D eigenvalue weighted by atomic mass is 10.0. The smallest absolute Gasteiger partial charge is 0.193 e. The number of carbonyl (C=O) groups is 1. The Morgan fingerprint density at radius 2 is 0.963 bits per heavy atom. The van der Waals surface area contributed by atoms with Gasteiger partial charge in [0, 0.05) is 11.1 Å². The Labute approximate surface area is 161 Å². The van der Waals surface area contributed by atoms with Gasteiger partial charge in [-0.15, -0.1) is 0 Å². The lowest BCUT2D eigenvalue weighted by Crippen LogP contribution is -2.25. The van der Waals surface area contributed by atoms with E-state index in [0.717, 1.165) is 16.4 Å². The molecule has 4 aromatic rings. The molecule has 0 amide bonds. The van der Waals surface area contributed by atoms with Crippen molar-refractivity contribution in [1.82, 2.24) is 0 Å². The fraction of sp³-hybridized carbons (Fsp3) is 0. The van der Waals surface area contributed by atoms with E-state index in [4.69, 9.17) is 0 Å². The molecule has 0 unspecified atom stereocenters. The molecule has 0 saturated carbocycles. The van der Waals surface area contributed by atoms with Gasteiger partial charge in [0.15, 0.2) is 5.78 Å². The van der Waals surface area contributed by atoms with Crippen molar-refractivity contribution in [2.75, 3.05) is 0 Å². The monoisotopic (exact) mass is 366 g/mol. The molecule has 0 spiro atoms. The zero-order valence-corrected chi connectivity index (χ0v) is 15.7. The van der Waals surface area contributed by atoms with Crippen molar-refractivity contribution in [3.05, 3.63) is 126 Å². The lowest BCUT2D eigenvalue weighted by molar-refractivity contribution is 0.104. The minimum Gasteiger partial charge on any atom is -0.289 e. The van der Waals surface area contributed by atoms with Gasteiger partial charge in [-0.25, -0.2) is 0 Å². The van der Waals surface area contributed by atoms with Gasteiger partial charge in [-0.2, -0.15) is 0 Å². The standard InChI is InChI=1S/C25H19OP/c26-25(20-12-4-1-5-13-20)23-18-10-11-19-24(23)27(21-14-6-2-7-15-21)22-16-8-3-9-17-22/h1-19H. The molecule has 0 aromatic heterocycles. The first-order valence-electron chi connectivity index (χ1n) is 8.93. The van der Waals surface area contributed by atoms with Gasteiger partial charge in [-0.1, -0.05) is 115 Å². The summed E-state index contributed by atoms with van der Waals surface area (Å²) in [5, 5.41) is 3.58. The first kappa shape index (κ1) is 17.4. The van der Waals surface area contributed by atoms with Gasteiger partial charge in [0.25, 0.3) is 0 Å². The quantitative estimate of drug-likeness (QED) is 0.370. The summed E-state index contributed by atoms with van der Waals surface area (Å²) in [7, 11) is -0.810. The second-order valence-electron chi connectivity index (χ2n) is 6.22. The Morgan fingerprint density at radius 1 is 0.519 bits per heavy atom. The highest BCUT2D eigenvalue weighted by Gasteiger charge is 2.22. The Kier molecular flexibility index (Phi) is 5.23. The third kappa shape index (κ3) is 3.74. The summed E-state index contributed by atoms with van der Waals surface area (Å²) in [6.07, 6.45) is 0. The zero-order valence-electron chi connectivity index (χ0n) is 14.8. The van der Waals surface area contributed by atoms with E-state index < -0.39 is 7.92 Å². The van der Waals surface area contributed by atoms with Crippen molar-refractivity contribution in [2.45, 2.75) is 0 Å². The van der Waals surface area contributed by atoms with Crippen LogP contribution in [-0.4, -0.2) is 5.78 Å². The van der Waals surface area contributed by atoms with Gasteiger partial charge in [-0.3, -0.25) is 4.79 Å². The van der Waals surface area contributed by atoms with Gasteiger partial charge < -0.3 is 0 Å². The van der Waals surface area contributed by atoms with E-state index in [1.54, 1.807) is 0 Å². The molecule has 0 aliphatic carbocycles. The maximum Gasteiger partial charge on any atom is 0.193 e. The zero-order chi connectivity index (χ0) is 18.5. The molecule has 0 fully saturated rings. The average Bonchev–Trinajstić information content (AvgIpc) is 2.76. The predicted molar refractivity (Wildman–Crippen MR) is 115 cm³/mol. The summed E-state index contributed by atoms with van der Waals surface area (Å²) in [5.74, 6) is 0.0746. The van der Waals surface area contributed by atoms with Crippen LogP contribution in [0, 0.1) is 0 Å². The van der Waals surface area contributed by atoms with Crippen molar-refractivity contribution >= 4 is 29.6 Å². The van der Waals surface area contributed by atoms with E-state index in [1.807, 2.05) is 60.7 Å². The summed E-state index contributed by atoms with van der Waals surface area (Å²) < 4.78 is 0. The number of ketones is 1. The van der Waals surface area contributed by atoms with Crippen molar-refractivity contribution < 1.29 is 4.79 Å². The highest BCUT2D eigenvalue weighted by molar-refractivity contribution is 7.80. The van der Waals surface area contributed by atoms with E-state index >= 15 is 0 Å². The van der Waals surface area contributed by atoms with Crippen LogP contribution in [0.3, 0.4) is 0 Å². The fourth-order valence-electron chi connectivity index (χ4n) is 3.19. The van der Waals surface area contributed by atoms with Crippen LogP contribution in [-0.2, 0) is 0 Å². The molecule has 0 N–H and O–H groups in total. The van der Waals surface area contributed by atoms with Crippen LogP contribution in [0.1, 0.15) is 15.9 Å². The first-order chi connectivity index (χ1) is 13.3. The van der Waals surface area contributed by atoms with E-state index in [-0.39, 0.29) is 5.78 Å². The normalized spacial score (nSPS) is 10.7. The molecule has 0 aliphatic rings. The fourth-order valence-corrected chi connectivity index (χ4v) is 5.63. The Morgan fingerprint density at radius 3 is 1.52 bits per heavy atom. The molecule has 0 heterocycles. The molecule has 130 valence electrons. The lowest BCUT2D eigenvalue weighted by Gasteiger charge is -2.21. The second-order valence-corrected chi connectivity index (χ2v) is 8.40. The van der Waals surface area contributed by atoms with Crippen LogP contribution in [0.5, 0.6) is 0 Å². The SMILES string of the molecule is O=C(c1ccccc1)c1ccccc1P(c1ccccc1)c1ccccc1. The van der Waals surface area contributed by atoms with Crippen molar-refractivity contribution in [2.24, 2.45) is 0 Å². The molecular formula is C25H19OP. The van der Waals surface area contributed by atoms with Gasteiger partial charge in [0.05, 0.1) is 0 Å². The van der Waals surface area contributed by atoms with E-state index in [0.29, 0.717) is 0 Å². The van der Waals surface area contributed by atoms with Crippen LogP contribution < -0.4 is 15.9 Å². The summed E-state index contributed by atoms with van der Waals surface area (Å²) in [6.45, 7) is 0. The second kappa shape index (κ2) is 8.12. The molecular weight excluding hydrogens is 347 g/mol. The summed E-state index contributed by atoms with van der Waals surface area (Å²) >= 11 is 0. The van der Waals surface area contributed by atoms with Gasteiger partial charge in [0.1, 0.15) is 0 Å². The third-order valence-corrected chi connectivity index (χ3v) is 6.96. The van der Waals surface area contributed by atoms with Crippen LogP contribution in [0.15, 0.2) is 115 Å². The minimum atomic E-state index is -0.810. The van der Waals surface area contributed by atoms with Gasteiger partial charge >= 0.3 is 0 Å². The maximum atomic E-state index is 13.2. The van der Waals surface area contributed by atoms with Crippen LogP contribution in [0.25, 0.3) is 0 Å². The molecule has 27 heavy (non-hydrogen) atoms. The molecule has 0 saturated heterocycles. The van der Waals surface area contributed by atoms with Gasteiger partial charge in [0.2, 0.25) is 0 Å². The largest absolute Gasteiger partial charge is 0.289 e. The molecule has 1 nitrogen and oxygen atoms in total.